The Morgan fingerprint density at radius 2 is 2.17 bits per heavy atom. The zero-order chi connectivity index (χ0) is 12.4. The number of benzene rings is 1. The van der Waals surface area contributed by atoms with Crippen molar-refractivity contribution in [3.63, 3.8) is 0 Å². The fourth-order valence-corrected chi connectivity index (χ4v) is 2.11. The van der Waals surface area contributed by atoms with Crippen LogP contribution in [0.3, 0.4) is 0 Å². The Balaban J connectivity index is 1.86. The van der Waals surface area contributed by atoms with E-state index < -0.39 is 0 Å². The maximum atomic E-state index is 5.63. The summed E-state index contributed by atoms with van der Waals surface area (Å²) < 4.78 is 10.9. The third-order valence-corrected chi connectivity index (χ3v) is 3.00. The molecule has 1 aromatic heterocycles. The van der Waals surface area contributed by atoms with Gasteiger partial charge in [-0.1, -0.05) is 18.2 Å². The third kappa shape index (κ3) is 1.86. The summed E-state index contributed by atoms with van der Waals surface area (Å²) in [4.78, 5) is 4.29. The van der Waals surface area contributed by atoms with E-state index in [0.29, 0.717) is 6.61 Å². The molecule has 1 aliphatic rings. The molecule has 0 saturated carbocycles. The first-order valence-corrected chi connectivity index (χ1v) is 5.86. The lowest BCUT2D eigenvalue weighted by Crippen LogP contribution is -2.13. The highest BCUT2D eigenvalue weighted by atomic mass is 16.5. The van der Waals surface area contributed by atoms with Gasteiger partial charge in [-0.2, -0.15) is 0 Å². The fourth-order valence-electron chi connectivity index (χ4n) is 2.11. The minimum Gasteiger partial charge on any atom is -0.493 e. The predicted octanol–water partition coefficient (Wildman–Crippen LogP) is 2.64. The Hall–Kier alpha value is -2.23. The second-order valence-corrected chi connectivity index (χ2v) is 4.10. The molecule has 1 aliphatic heterocycles. The number of pyridine rings is 1. The van der Waals surface area contributed by atoms with E-state index >= 15 is 0 Å². The van der Waals surface area contributed by atoms with Crippen LogP contribution < -0.4 is 14.8 Å². The van der Waals surface area contributed by atoms with Crippen LogP contribution in [0.1, 0.15) is 11.6 Å². The summed E-state index contributed by atoms with van der Waals surface area (Å²) in [5, 5.41) is 3.36. The van der Waals surface area contributed by atoms with Crippen molar-refractivity contribution < 1.29 is 9.47 Å². The number of nitrogens with zero attached hydrogens (tertiary/aromatic N) is 1. The van der Waals surface area contributed by atoms with Crippen LogP contribution in [0.5, 0.6) is 11.5 Å². The van der Waals surface area contributed by atoms with Crippen LogP contribution in [0, 0.1) is 0 Å². The highest BCUT2D eigenvalue weighted by Crippen LogP contribution is 2.35. The normalized spacial score (nSPS) is 16.8. The van der Waals surface area contributed by atoms with Crippen molar-refractivity contribution in [1.29, 1.82) is 0 Å². The van der Waals surface area contributed by atoms with E-state index in [0.717, 1.165) is 22.9 Å². The lowest BCUT2D eigenvalue weighted by molar-refractivity contribution is 0.339. The number of aromatic nitrogens is 1. The molecule has 1 aromatic carbocycles. The van der Waals surface area contributed by atoms with Crippen molar-refractivity contribution in [3.8, 4) is 11.5 Å². The van der Waals surface area contributed by atoms with Gasteiger partial charge in [-0.05, 0) is 18.2 Å². The topological polar surface area (TPSA) is 43.4 Å². The number of fused-ring (bicyclic) bond motifs is 1. The van der Waals surface area contributed by atoms with Crippen molar-refractivity contribution in [1.82, 2.24) is 4.98 Å². The number of para-hydroxylation sites is 1. The van der Waals surface area contributed by atoms with Crippen molar-refractivity contribution >= 4 is 5.82 Å². The fraction of sp³-hybridized carbons (Fsp3) is 0.214. The van der Waals surface area contributed by atoms with Crippen LogP contribution in [0.2, 0.25) is 0 Å². The van der Waals surface area contributed by atoms with Crippen LogP contribution in [-0.2, 0) is 0 Å². The Morgan fingerprint density at radius 1 is 1.28 bits per heavy atom. The monoisotopic (exact) mass is 242 g/mol. The number of hydrogen-bond donors (Lipinski definition) is 1. The molecule has 0 spiro atoms. The van der Waals surface area contributed by atoms with Gasteiger partial charge in [0.25, 0.3) is 0 Å². The molecule has 18 heavy (non-hydrogen) atoms. The van der Waals surface area contributed by atoms with Crippen molar-refractivity contribution in [2.45, 2.75) is 6.04 Å². The number of hydrogen-bond acceptors (Lipinski definition) is 4. The summed E-state index contributed by atoms with van der Waals surface area (Å²) in [5.74, 6) is 2.41. The second kappa shape index (κ2) is 4.56. The van der Waals surface area contributed by atoms with Crippen molar-refractivity contribution in [3.05, 3.63) is 48.2 Å². The van der Waals surface area contributed by atoms with E-state index in [1.54, 1.807) is 13.3 Å². The molecule has 0 bridgehead atoms. The Bertz CT molecular complexity index is 557. The number of nitrogens with one attached hydrogen (secondary N) is 1. The molecular formula is C14H14N2O2. The maximum Gasteiger partial charge on any atom is 0.169 e. The van der Waals surface area contributed by atoms with Gasteiger partial charge in [0.1, 0.15) is 12.4 Å². The molecule has 1 N–H and O–H groups in total. The molecular weight excluding hydrogens is 228 g/mol. The van der Waals surface area contributed by atoms with Gasteiger partial charge >= 0.3 is 0 Å². The zero-order valence-corrected chi connectivity index (χ0v) is 10.1. The summed E-state index contributed by atoms with van der Waals surface area (Å²) in [7, 11) is 1.64. The summed E-state index contributed by atoms with van der Waals surface area (Å²) in [5.41, 5.74) is 1.16. The van der Waals surface area contributed by atoms with Gasteiger partial charge < -0.3 is 14.8 Å². The van der Waals surface area contributed by atoms with Crippen molar-refractivity contribution in [2.75, 3.05) is 19.0 Å². The van der Waals surface area contributed by atoms with Gasteiger partial charge in [0.15, 0.2) is 11.6 Å². The standard InChI is InChI=1S/C14H14N2O2/c1-17-13-7-4-8-15-14(13)16-11-9-18-12-6-3-2-5-10(11)12/h2-8,11H,9H2,1H3,(H,15,16). The summed E-state index contributed by atoms with van der Waals surface area (Å²) in [6, 6.07) is 11.9. The van der Waals surface area contributed by atoms with Gasteiger partial charge in [-0.3, -0.25) is 0 Å². The molecule has 0 aliphatic carbocycles. The number of methoxy groups -OCH3 is 1. The van der Waals surface area contributed by atoms with Gasteiger partial charge in [-0.25, -0.2) is 4.98 Å². The smallest absolute Gasteiger partial charge is 0.169 e. The molecule has 2 heterocycles. The van der Waals surface area contributed by atoms with E-state index in [9.17, 15) is 0 Å². The molecule has 3 rings (SSSR count). The second-order valence-electron chi connectivity index (χ2n) is 4.10. The summed E-state index contributed by atoms with van der Waals surface area (Å²) in [6.45, 7) is 0.610. The van der Waals surface area contributed by atoms with E-state index in [1.807, 2.05) is 30.3 Å². The SMILES string of the molecule is COc1cccnc1NC1COc2ccccc21. The molecule has 0 saturated heterocycles. The molecule has 0 fully saturated rings. The molecule has 2 aromatic rings. The predicted molar refractivity (Wildman–Crippen MR) is 69.1 cm³/mol. The van der Waals surface area contributed by atoms with Gasteiger partial charge in [0.05, 0.1) is 13.2 Å². The zero-order valence-electron chi connectivity index (χ0n) is 10.1. The largest absolute Gasteiger partial charge is 0.493 e. The van der Waals surface area contributed by atoms with Gasteiger partial charge in [-0.15, -0.1) is 0 Å². The van der Waals surface area contributed by atoms with Crippen LogP contribution in [0.4, 0.5) is 5.82 Å². The third-order valence-electron chi connectivity index (χ3n) is 3.00. The molecule has 1 atom stereocenters. The Kier molecular flexibility index (Phi) is 2.76. The summed E-state index contributed by atoms with van der Waals surface area (Å²) in [6.07, 6.45) is 1.74. The van der Waals surface area contributed by atoms with Crippen LogP contribution in [0.25, 0.3) is 0 Å². The lowest BCUT2D eigenvalue weighted by atomic mass is 10.1. The number of anilines is 1. The first-order chi connectivity index (χ1) is 8.88. The summed E-state index contributed by atoms with van der Waals surface area (Å²) >= 11 is 0. The van der Waals surface area contributed by atoms with E-state index in [1.165, 1.54) is 0 Å². The van der Waals surface area contributed by atoms with Gasteiger partial charge in [0, 0.05) is 11.8 Å². The van der Waals surface area contributed by atoms with E-state index in [-0.39, 0.29) is 6.04 Å². The maximum absolute atomic E-state index is 5.63. The first kappa shape index (κ1) is 10.9. The van der Waals surface area contributed by atoms with Crippen LogP contribution in [0.15, 0.2) is 42.6 Å². The molecule has 4 heteroatoms. The highest BCUT2D eigenvalue weighted by Gasteiger charge is 2.24. The van der Waals surface area contributed by atoms with Crippen molar-refractivity contribution in [2.24, 2.45) is 0 Å². The van der Waals surface area contributed by atoms with Gasteiger partial charge in [0.2, 0.25) is 0 Å². The minimum absolute atomic E-state index is 0.116. The van der Waals surface area contributed by atoms with Crippen LogP contribution in [-0.4, -0.2) is 18.7 Å². The van der Waals surface area contributed by atoms with Crippen LogP contribution >= 0.6 is 0 Å². The lowest BCUT2D eigenvalue weighted by Gasteiger charge is -2.14. The number of rotatable bonds is 3. The minimum atomic E-state index is 0.116. The highest BCUT2D eigenvalue weighted by molar-refractivity contribution is 5.53. The quantitative estimate of drug-likeness (QED) is 0.898. The first-order valence-electron chi connectivity index (χ1n) is 5.86. The molecule has 0 radical (unpaired) electrons. The molecule has 1 unspecified atom stereocenters. The number of ether oxygens (including phenoxy) is 2. The average molecular weight is 242 g/mol. The Morgan fingerprint density at radius 3 is 3.06 bits per heavy atom. The molecule has 0 amide bonds. The molecule has 92 valence electrons. The molecule has 4 nitrogen and oxygen atoms in total. The van der Waals surface area contributed by atoms with E-state index in [2.05, 4.69) is 16.4 Å². The van der Waals surface area contributed by atoms with E-state index in [4.69, 9.17) is 9.47 Å². The Labute approximate surface area is 106 Å². The average Bonchev–Trinajstić information content (AvgIpc) is 2.83.